The Balaban J connectivity index is 1.94. The molecule has 2 N–H and O–H groups in total. The number of anilines is 1. The average Bonchev–Trinajstić information content (AvgIpc) is 3.02. The van der Waals surface area contributed by atoms with Crippen LogP contribution in [-0.4, -0.2) is 21.8 Å². The second kappa shape index (κ2) is 5.10. The molecule has 0 fully saturated rings. The lowest BCUT2D eigenvalue weighted by Gasteiger charge is -1.97. The molecule has 1 amide bonds. The fourth-order valence-electron chi connectivity index (χ4n) is 1.73. The zero-order chi connectivity index (χ0) is 14.1. The van der Waals surface area contributed by atoms with Gasteiger partial charge in [-0.1, -0.05) is 0 Å². The number of halogens is 1. The van der Waals surface area contributed by atoms with Crippen molar-refractivity contribution in [2.45, 2.75) is 0 Å². The Hall–Kier alpha value is -2.12. The number of nitrogens with one attached hydrogen (secondary N) is 2. The standard InChI is InChI=1S/C12H8ClN3O3S/c13-4-10(17)16-11-14-8(5-20-11)6-1-2-9-7(3-6)15-12(18)19-9/h1-3,5H,4H2,(H,15,18)(H,14,16,17). The summed E-state index contributed by atoms with van der Waals surface area (Å²) < 4.78 is 4.93. The third-order valence-electron chi connectivity index (χ3n) is 2.59. The SMILES string of the molecule is O=C(CCl)Nc1nc(-c2ccc3oc(=O)[nH]c3c2)cs1. The van der Waals surface area contributed by atoms with E-state index in [4.69, 9.17) is 16.0 Å². The quantitative estimate of drug-likeness (QED) is 0.727. The monoisotopic (exact) mass is 309 g/mol. The van der Waals surface area contributed by atoms with Crippen molar-refractivity contribution >= 4 is 45.1 Å². The number of aromatic nitrogens is 2. The fourth-order valence-corrected chi connectivity index (χ4v) is 2.53. The molecule has 20 heavy (non-hydrogen) atoms. The van der Waals surface area contributed by atoms with Crippen LogP contribution in [0.3, 0.4) is 0 Å². The Kier molecular flexibility index (Phi) is 3.29. The molecule has 8 heteroatoms. The number of carbonyl (C=O) groups is 1. The van der Waals surface area contributed by atoms with Crippen molar-refractivity contribution < 1.29 is 9.21 Å². The number of aromatic amines is 1. The zero-order valence-electron chi connectivity index (χ0n) is 9.97. The molecule has 3 aromatic rings. The van der Waals surface area contributed by atoms with E-state index in [0.29, 0.717) is 21.9 Å². The molecule has 0 aliphatic rings. The molecular weight excluding hydrogens is 302 g/mol. The van der Waals surface area contributed by atoms with Crippen molar-refractivity contribution in [3.8, 4) is 11.3 Å². The Labute approximate surface area is 121 Å². The lowest BCUT2D eigenvalue weighted by Crippen LogP contribution is -2.12. The maximum atomic E-state index is 11.2. The van der Waals surface area contributed by atoms with Gasteiger partial charge in [0.2, 0.25) is 5.91 Å². The number of oxazole rings is 1. The van der Waals surface area contributed by atoms with Gasteiger partial charge in [-0.2, -0.15) is 0 Å². The molecular formula is C12H8ClN3O3S. The summed E-state index contributed by atoms with van der Waals surface area (Å²) in [6, 6.07) is 5.25. The highest BCUT2D eigenvalue weighted by molar-refractivity contribution is 7.14. The van der Waals surface area contributed by atoms with E-state index in [-0.39, 0.29) is 11.8 Å². The molecule has 0 unspecified atom stereocenters. The third kappa shape index (κ3) is 2.45. The molecule has 3 rings (SSSR count). The van der Waals surface area contributed by atoms with Crippen LogP contribution in [0.1, 0.15) is 0 Å². The second-order valence-corrected chi connectivity index (χ2v) is 5.07. The van der Waals surface area contributed by atoms with Gasteiger partial charge in [0.1, 0.15) is 5.88 Å². The number of thiazole rings is 1. The summed E-state index contributed by atoms with van der Waals surface area (Å²) in [6.45, 7) is 0. The largest absolute Gasteiger partial charge is 0.417 e. The van der Waals surface area contributed by atoms with Crippen LogP contribution < -0.4 is 11.1 Å². The normalized spacial score (nSPS) is 10.8. The highest BCUT2D eigenvalue weighted by Crippen LogP contribution is 2.26. The first-order valence-electron chi connectivity index (χ1n) is 5.60. The lowest BCUT2D eigenvalue weighted by molar-refractivity contribution is -0.113. The van der Waals surface area contributed by atoms with E-state index in [1.165, 1.54) is 11.3 Å². The van der Waals surface area contributed by atoms with Gasteiger partial charge in [0.25, 0.3) is 0 Å². The first-order chi connectivity index (χ1) is 9.65. The van der Waals surface area contributed by atoms with E-state index in [9.17, 15) is 9.59 Å². The average molecular weight is 310 g/mol. The Morgan fingerprint density at radius 1 is 1.50 bits per heavy atom. The summed E-state index contributed by atoms with van der Waals surface area (Å²) >= 11 is 6.72. The van der Waals surface area contributed by atoms with Gasteiger partial charge in [0.05, 0.1) is 11.2 Å². The molecule has 1 aromatic carbocycles. The van der Waals surface area contributed by atoms with Crippen molar-refractivity contribution in [1.82, 2.24) is 9.97 Å². The van der Waals surface area contributed by atoms with Gasteiger partial charge in [-0.15, -0.1) is 22.9 Å². The number of benzene rings is 1. The Morgan fingerprint density at radius 2 is 2.35 bits per heavy atom. The fraction of sp³-hybridized carbons (Fsp3) is 0.0833. The minimum absolute atomic E-state index is 0.114. The van der Waals surface area contributed by atoms with Crippen LogP contribution >= 0.6 is 22.9 Å². The van der Waals surface area contributed by atoms with E-state index >= 15 is 0 Å². The predicted octanol–water partition coefficient (Wildman–Crippen LogP) is 2.42. The molecule has 6 nitrogen and oxygen atoms in total. The summed E-state index contributed by atoms with van der Waals surface area (Å²) in [5.74, 6) is -0.912. The molecule has 2 heterocycles. The van der Waals surface area contributed by atoms with Crippen molar-refractivity contribution in [3.63, 3.8) is 0 Å². The van der Waals surface area contributed by atoms with Crippen LogP contribution in [0.2, 0.25) is 0 Å². The molecule has 0 radical (unpaired) electrons. The van der Waals surface area contributed by atoms with E-state index < -0.39 is 5.76 Å². The lowest BCUT2D eigenvalue weighted by atomic mass is 10.1. The summed E-state index contributed by atoms with van der Waals surface area (Å²) in [4.78, 5) is 29.1. The van der Waals surface area contributed by atoms with Crippen molar-refractivity contribution in [2.24, 2.45) is 0 Å². The molecule has 0 atom stereocenters. The van der Waals surface area contributed by atoms with Crippen LogP contribution in [0.5, 0.6) is 0 Å². The molecule has 102 valence electrons. The number of hydrogen-bond acceptors (Lipinski definition) is 5. The smallest absolute Gasteiger partial charge is 0.408 e. The second-order valence-electron chi connectivity index (χ2n) is 3.95. The summed E-state index contributed by atoms with van der Waals surface area (Å²) in [5, 5.41) is 4.87. The number of carbonyl (C=O) groups excluding carboxylic acids is 1. The van der Waals surface area contributed by atoms with Gasteiger partial charge in [0, 0.05) is 10.9 Å². The van der Waals surface area contributed by atoms with Gasteiger partial charge < -0.3 is 9.73 Å². The zero-order valence-corrected chi connectivity index (χ0v) is 11.5. The Bertz CT molecular complexity index is 836. The maximum absolute atomic E-state index is 11.2. The van der Waals surface area contributed by atoms with Crippen LogP contribution in [0.15, 0.2) is 32.8 Å². The number of nitrogens with zero attached hydrogens (tertiary/aromatic N) is 1. The number of rotatable bonds is 3. The minimum Gasteiger partial charge on any atom is -0.408 e. The van der Waals surface area contributed by atoms with Crippen molar-refractivity contribution in [2.75, 3.05) is 11.2 Å². The van der Waals surface area contributed by atoms with E-state index in [2.05, 4.69) is 15.3 Å². The number of fused-ring (bicyclic) bond motifs is 1. The molecule has 0 aliphatic heterocycles. The molecule has 0 saturated heterocycles. The summed E-state index contributed by atoms with van der Waals surface area (Å²) in [5.41, 5.74) is 2.61. The third-order valence-corrected chi connectivity index (χ3v) is 3.59. The van der Waals surface area contributed by atoms with Crippen LogP contribution in [-0.2, 0) is 4.79 Å². The van der Waals surface area contributed by atoms with Crippen LogP contribution in [0.25, 0.3) is 22.4 Å². The van der Waals surface area contributed by atoms with E-state index in [1.54, 1.807) is 18.2 Å². The van der Waals surface area contributed by atoms with Gasteiger partial charge in [-0.05, 0) is 18.2 Å². The topological polar surface area (TPSA) is 88.0 Å². The van der Waals surface area contributed by atoms with Crippen LogP contribution in [0.4, 0.5) is 5.13 Å². The number of hydrogen-bond donors (Lipinski definition) is 2. The summed E-state index contributed by atoms with van der Waals surface area (Å²) in [7, 11) is 0. The maximum Gasteiger partial charge on any atom is 0.417 e. The highest BCUT2D eigenvalue weighted by Gasteiger charge is 2.09. The number of H-pyrrole nitrogens is 1. The molecule has 0 spiro atoms. The number of alkyl halides is 1. The van der Waals surface area contributed by atoms with E-state index in [0.717, 1.165) is 5.56 Å². The van der Waals surface area contributed by atoms with Gasteiger partial charge in [-0.3, -0.25) is 9.78 Å². The van der Waals surface area contributed by atoms with Gasteiger partial charge in [0.15, 0.2) is 10.7 Å². The first-order valence-corrected chi connectivity index (χ1v) is 7.02. The predicted molar refractivity (Wildman–Crippen MR) is 77.3 cm³/mol. The highest BCUT2D eigenvalue weighted by atomic mass is 35.5. The first kappa shape index (κ1) is 12.9. The van der Waals surface area contributed by atoms with Crippen molar-refractivity contribution in [3.05, 3.63) is 34.1 Å². The molecule has 2 aromatic heterocycles. The molecule has 0 bridgehead atoms. The van der Waals surface area contributed by atoms with E-state index in [1.807, 2.05) is 5.38 Å². The van der Waals surface area contributed by atoms with Gasteiger partial charge >= 0.3 is 5.76 Å². The minimum atomic E-state index is -0.495. The van der Waals surface area contributed by atoms with Crippen molar-refractivity contribution in [1.29, 1.82) is 0 Å². The van der Waals surface area contributed by atoms with Crippen LogP contribution in [0, 0.1) is 0 Å². The Morgan fingerprint density at radius 3 is 3.15 bits per heavy atom. The summed E-state index contributed by atoms with van der Waals surface area (Å²) in [6.07, 6.45) is 0. The molecule has 0 saturated carbocycles. The molecule has 0 aliphatic carbocycles. The number of amides is 1. The van der Waals surface area contributed by atoms with Gasteiger partial charge in [-0.25, -0.2) is 9.78 Å².